The van der Waals surface area contributed by atoms with Gasteiger partial charge in [0.1, 0.15) is 5.78 Å². The predicted octanol–water partition coefficient (Wildman–Crippen LogP) is 1.31. The molecule has 4 heteroatoms. The number of ketones is 1. The summed E-state index contributed by atoms with van der Waals surface area (Å²) < 4.78 is 1.59. The van der Waals surface area contributed by atoms with Gasteiger partial charge in [-0.25, -0.2) is 4.79 Å². The largest absolute Gasteiger partial charge is 0.326 e. The van der Waals surface area contributed by atoms with Gasteiger partial charge in [-0.1, -0.05) is 12.1 Å². The highest BCUT2D eigenvalue weighted by molar-refractivity contribution is 5.77. The molecular weight excluding hydrogens is 192 g/mol. The Morgan fingerprint density at radius 2 is 2.13 bits per heavy atom. The van der Waals surface area contributed by atoms with E-state index < -0.39 is 0 Å². The van der Waals surface area contributed by atoms with Gasteiger partial charge in [0.2, 0.25) is 0 Å². The molecule has 15 heavy (non-hydrogen) atoms. The minimum Gasteiger partial charge on any atom is -0.306 e. The van der Waals surface area contributed by atoms with Crippen LogP contribution in [0.4, 0.5) is 0 Å². The van der Waals surface area contributed by atoms with E-state index in [0.717, 1.165) is 11.0 Å². The van der Waals surface area contributed by atoms with E-state index in [4.69, 9.17) is 0 Å². The van der Waals surface area contributed by atoms with Crippen LogP contribution in [0.25, 0.3) is 11.0 Å². The number of fused-ring (bicyclic) bond motifs is 1. The zero-order valence-electron chi connectivity index (χ0n) is 8.49. The number of aromatic nitrogens is 2. The maximum atomic E-state index is 11.5. The number of hydrogen-bond acceptors (Lipinski definition) is 2. The van der Waals surface area contributed by atoms with Gasteiger partial charge in [-0.05, 0) is 19.1 Å². The summed E-state index contributed by atoms with van der Waals surface area (Å²) in [5, 5.41) is 0. The molecule has 0 radical (unpaired) electrons. The lowest BCUT2D eigenvalue weighted by atomic mass is 10.3. The number of H-pyrrole nitrogens is 1. The molecule has 0 amide bonds. The summed E-state index contributed by atoms with van der Waals surface area (Å²) in [6.45, 7) is 1.97. The summed E-state index contributed by atoms with van der Waals surface area (Å²) in [5.74, 6) is 0.0900. The molecule has 0 aliphatic carbocycles. The van der Waals surface area contributed by atoms with Crippen LogP contribution < -0.4 is 5.69 Å². The topological polar surface area (TPSA) is 54.9 Å². The van der Waals surface area contributed by atoms with E-state index in [9.17, 15) is 9.59 Å². The van der Waals surface area contributed by atoms with Crippen molar-refractivity contribution in [1.29, 1.82) is 0 Å². The second kappa shape index (κ2) is 3.73. The molecule has 0 unspecified atom stereocenters. The number of para-hydroxylation sites is 2. The van der Waals surface area contributed by atoms with Crippen molar-refractivity contribution in [3.63, 3.8) is 0 Å². The number of aromatic amines is 1. The molecule has 0 bridgehead atoms. The molecular formula is C11H12N2O2. The van der Waals surface area contributed by atoms with Crippen LogP contribution in [-0.4, -0.2) is 15.3 Å². The molecule has 0 saturated heterocycles. The quantitative estimate of drug-likeness (QED) is 0.819. The Bertz CT molecular complexity index is 551. The van der Waals surface area contributed by atoms with Crippen LogP contribution in [0.2, 0.25) is 0 Å². The fourth-order valence-corrected chi connectivity index (χ4v) is 1.60. The van der Waals surface area contributed by atoms with Gasteiger partial charge >= 0.3 is 5.69 Å². The summed E-state index contributed by atoms with van der Waals surface area (Å²) in [4.78, 5) is 25.2. The molecule has 2 aromatic rings. The van der Waals surface area contributed by atoms with Gasteiger partial charge < -0.3 is 4.98 Å². The third-order valence-corrected chi connectivity index (χ3v) is 2.37. The summed E-state index contributed by atoms with van der Waals surface area (Å²) in [7, 11) is 0. The number of rotatable bonds is 3. The lowest BCUT2D eigenvalue weighted by Gasteiger charge is -2.00. The van der Waals surface area contributed by atoms with Crippen LogP contribution in [0, 0.1) is 0 Å². The summed E-state index contributed by atoms with van der Waals surface area (Å²) in [5.41, 5.74) is 1.51. The number of hydrogen-bond donors (Lipinski definition) is 1. The van der Waals surface area contributed by atoms with Crippen molar-refractivity contribution in [2.75, 3.05) is 0 Å². The van der Waals surface area contributed by atoms with Gasteiger partial charge in [-0.3, -0.25) is 9.36 Å². The highest BCUT2D eigenvalue weighted by Crippen LogP contribution is 2.09. The van der Waals surface area contributed by atoms with Gasteiger partial charge in [0.05, 0.1) is 11.0 Å². The fourth-order valence-electron chi connectivity index (χ4n) is 1.60. The Morgan fingerprint density at radius 3 is 2.87 bits per heavy atom. The smallest absolute Gasteiger partial charge is 0.306 e. The molecule has 4 nitrogen and oxygen atoms in total. The van der Waals surface area contributed by atoms with E-state index in [-0.39, 0.29) is 11.5 Å². The second-order valence-corrected chi connectivity index (χ2v) is 3.55. The lowest BCUT2D eigenvalue weighted by Crippen LogP contribution is -2.17. The van der Waals surface area contributed by atoms with Crippen molar-refractivity contribution in [3.8, 4) is 0 Å². The third kappa shape index (κ3) is 1.83. The molecule has 1 aromatic heterocycles. The van der Waals surface area contributed by atoms with E-state index in [2.05, 4.69) is 4.98 Å². The number of Topliss-reactive ketones (excluding diaryl/α,β-unsaturated/α-hetero) is 1. The van der Waals surface area contributed by atoms with Gasteiger partial charge in [-0.2, -0.15) is 0 Å². The van der Waals surface area contributed by atoms with Crippen LogP contribution in [0.1, 0.15) is 13.3 Å². The monoisotopic (exact) mass is 204 g/mol. The molecule has 2 rings (SSSR count). The maximum absolute atomic E-state index is 11.5. The van der Waals surface area contributed by atoms with E-state index in [1.807, 2.05) is 24.3 Å². The number of carbonyl (C=O) groups excluding carboxylic acids is 1. The SMILES string of the molecule is CC(=O)CCn1c(=O)[nH]c2ccccc21. The van der Waals surface area contributed by atoms with Gasteiger partial charge in [0.25, 0.3) is 0 Å². The number of nitrogens with one attached hydrogen (secondary N) is 1. The first-order valence-corrected chi connectivity index (χ1v) is 4.85. The third-order valence-electron chi connectivity index (χ3n) is 2.37. The van der Waals surface area contributed by atoms with Crippen LogP contribution in [-0.2, 0) is 11.3 Å². The number of imidazole rings is 1. The van der Waals surface area contributed by atoms with Crippen molar-refractivity contribution < 1.29 is 4.79 Å². The van der Waals surface area contributed by atoms with Crippen molar-refractivity contribution in [2.45, 2.75) is 19.9 Å². The summed E-state index contributed by atoms with van der Waals surface area (Å²) in [6, 6.07) is 7.46. The zero-order valence-corrected chi connectivity index (χ0v) is 8.49. The molecule has 0 atom stereocenters. The number of aryl methyl sites for hydroxylation is 1. The molecule has 0 aliphatic rings. The Balaban J connectivity index is 2.45. The number of carbonyl (C=O) groups is 1. The average molecular weight is 204 g/mol. The van der Waals surface area contributed by atoms with Crippen LogP contribution in [0.3, 0.4) is 0 Å². The minimum absolute atomic E-state index is 0.0900. The first-order valence-electron chi connectivity index (χ1n) is 4.85. The number of nitrogens with zero attached hydrogens (tertiary/aromatic N) is 1. The Hall–Kier alpha value is -1.84. The molecule has 1 N–H and O–H groups in total. The highest BCUT2D eigenvalue weighted by Gasteiger charge is 2.05. The first kappa shape index (κ1) is 9.71. The van der Waals surface area contributed by atoms with Crippen molar-refractivity contribution >= 4 is 16.8 Å². The molecule has 0 fully saturated rings. The van der Waals surface area contributed by atoms with Gasteiger partial charge in [0, 0.05) is 13.0 Å². The summed E-state index contributed by atoms with van der Waals surface area (Å²) >= 11 is 0. The lowest BCUT2D eigenvalue weighted by molar-refractivity contribution is -0.117. The molecule has 0 spiro atoms. The van der Waals surface area contributed by atoms with Crippen LogP contribution in [0.5, 0.6) is 0 Å². The van der Waals surface area contributed by atoms with Crippen molar-refractivity contribution in [1.82, 2.24) is 9.55 Å². The van der Waals surface area contributed by atoms with Gasteiger partial charge in [0.15, 0.2) is 0 Å². The zero-order chi connectivity index (χ0) is 10.8. The van der Waals surface area contributed by atoms with Crippen molar-refractivity contribution in [3.05, 3.63) is 34.7 Å². The van der Waals surface area contributed by atoms with E-state index in [1.54, 1.807) is 4.57 Å². The average Bonchev–Trinajstić information content (AvgIpc) is 2.50. The first-order chi connectivity index (χ1) is 7.18. The Kier molecular flexibility index (Phi) is 2.41. The normalized spacial score (nSPS) is 10.7. The van der Waals surface area contributed by atoms with Gasteiger partial charge in [-0.15, -0.1) is 0 Å². The second-order valence-electron chi connectivity index (χ2n) is 3.55. The standard InChI is InChI=1S/C11H12N2O2/c1-8(14)6-7-13-10-5-3-2-4-9(10)12-11(13)15/h2-5H,6-7H2,1H3,(H,12,15). The van der Waals surface area contributed by atoms with Crippen LogP contribution >= 0.6 is 0 Å². The number of benzene rings is 1. The molecule has 0 aliphatic heterocycles. The molecule has 78 valence electrons. The molecule has 0 saturated carbocycles. The summed E-state index contributed by atoms with van der Waals surface area (Å²) in [6.07, 6.45) is 0.391. The predicted molar refractivity (Wildman–Crippen MR) is 57.9 cm³/mol. The minimum atomic E-state index is -0.155. The fraction of sp³-hybridized carbons (Fsp3) is 0.273. The van der Waals surface area contributed by atoms with E-state index >= 15 is 0 Å². The molecule has 1 aromatic carbocycles. The maximum Gasteiger partial charge on any atom is 0.326 e. The van der Waals surface area contributed by atoms with Crippen molar-refractivity contribution in [2.24, 2.45) is 0 Å². The Morgan fingerprint density at radius 1 is 1.40 bits per heavy atom. The molecule has 1 heterocycles. The van der Waals surface area contributed by atoms with E-state index in [1.165, 1.54) is 6.92 Å². The highest BCUT2D eigenvalue weighted by atomic mass is 16.1. The van der Waals surface area contributed by atoms with Crippen LogP contribution in [0.15, 0.2) is 29.1 Å². The van der Waals surface area contributed by atoms with E-state index in [0.29, 0.717) is 13.0 Å². The Labute approximate surface area is 86.5 Å².